The summed E-state index contributed by atoms with van der Waals surface area (Å²) in [5.74, 6) is -0.811. The van der Waals surface area contributed by atoms with Crippen LogP contribution in [0, 0.1) is 5.92 Å². The Morgan fingerprint density at radius 1 is 1.25 bits per heavy atom. The molecule has 110 valence electrons. The van der Waals surface area contributed by atoms with Crippen LogP contribution in [0.4, 0.5) is 0 Å². The third-order valence-electron chi connectivity index (χ3n) is 3.11. The zero-order valence-corrected chi connectivity index (χ0v) is 12.1. The van der Waals surface area contributed by atoms with Crippen LogP contribution in [0.3, 0.4) is 0 Å². The molecular formula is C15H22N2O3. The average Bonchev–Trinajstić information content (AvgIpc) is 2.45. The summed E-state index contributed by atoms with van der Waals surface area (Å²) in [6, 6.07) is 8.08. The number of carbonyl (C=O) groups is 2. The molecule has 0 saturated heterocycles. The van der Waals surface area contributed by atoms with Gasteiger partial charge in [-0.15, -0.1) is 0 Å². The highest BCUT2D eigenvalue weighted by Crippen LogP contribution is 2.06. The Hall–Kier alpha value is -1.88. The van der Waals surface area contributed by atoms with Gasteiger partial charge in [0.2, 0.25) is 5.91 Å². The van der Waals surface area contributed by atoms with Gasteiger partial charge in [0.1, 0.15) is 6.04 Å². The minimum Gasteiger partial charge on any atom is -0.467 e. The maximum absolute atomic E-state index is 12.0. The van der Waals surface area contributed by atoms with Crippen molar-refractivity contribution < 1.29 is 14.3 Å². The Kier molecular flexibility index (Phi) is 6.18. The molecule has 0 aliphatic carbocycles. The second-order valence-electron chi connectivity index (χ2n) is 5.04. The number of esters is 1. The minimum absolute atomic E-state index is 0.00465. The first kappa shape index (κ1) is 16.2. The van der Waals surface area contributed by atoms with Crippen molar-refractivity contribution in [3.05, 3.63) is 35.9 Å². The fraction of sp³-hybridized carbons (Fsp3) is 0.467. The van der Waals surface area contributed by atoms with Gasteiger partial charge in [0.25, 0.3) is 0 Å². The van der Waals surface area contributed by atoms with Gasteiger partial charge in [0.15, 0.2) is 0 Å². The summed E-state index contributed by atoms with van der Waals surface area (Å²) in [4.78, 5) is 23.7. The summed E-state index contributed by atoms with van der Waals surface area (Å²) < 4.78 is 4.73. The van der Waals surface area contributed by atoms with Crippen molar-refractivity contribution >= 4 is 11.9 Å². The normalized spacial score (nSPS) is 13.7. The maximum Gasteiger partial charge on any atom is 0.328 e. The number of benzene rings is 1. The molecule has 0 radical (unpaired) electrons. The van der Waals surface area contributed by atoms with Crippen LogP contribution in [0.25, 0.3) is 0 Å². The van der Waals surface area contributed by atoms with Crippen LogP contribution in [-0.2, 0) is 20.7 Å². The zero-order chi connectivity index (χ0) is 15.1. The van der Waals surface area contributed by atoms with Gasteiger partial charge in [0, 0.05) is 6.42 Å². The summed E-state index contributed by atoms with van der Waals surface area (Å²) in [5.41, 5.74) is 6.72. The summed E-state index contributed by atoms with van der Waals surface area (Å²) in [5, 5.41) is 2.66. The largest absolute Gasteiger partial charge is 0.467 e. The van der Waals surface area contributed by atoms with E-state index >= 15 is 0 Å². The molecular weight excluding hydrogens is 256 g/mol. The first-order valence-electron chi connectivity index (χ1n) is 6.63. The highest BCUT2D eigenvalue weighted by molar-refractivity contribution is 5.87. The van der Waals surface area contributed by atoms with E-state index in [-0.39, 0.29) is 11.8 Å². The molecule has 0 aliphatic rings. The maximum atomic E-state index is 12.0. The van der Waals surface area contributed by atoms with Crippen LogP contribution in [0.2, 0.25) is 0 Å². The van der Waals surface area contributed by atoms with E-state index in [4.69, 9.17) is 10.5 Å². The van der Waals surface area contributed by atoms with Crippen molar-refractivity contribution in [2.75, 3.05) is 7.11 Å². The molecule has 0 aromatic heterocycles. The van der Waals surface area contributed by atoms with Crippen molar-refractivity contribution in [2.45, 2.75) is 32.4 Å². The Bertz CT molecular complexity index is 446. The zero-order valence-electron chi connectivity index (χ0n) is 12.1. The van der Waals surface area contributed by atoms with Crippen molar-refractivity contribution in [1.82, 2.24) is 5.32 Å². The Balaban J connectivity index is 2.75. The fourth-order valence-electron chi connectivity index (χ4n) is 1.76. The van der Waals surface area contributed by atoms with Gasteiger partial charge in [-0.25, -0.2) is 4.79 Å². The summed E-state index contributed by atoms with van der Waals surface area (Å²) in [6.45, 7) is 3.71. The number of methoxy groups -OCH3 is 1. The summed E-state index contributed by atoms with van der Waals surface area (Å²) in [7, 11) is 1.30. The quantitative estimate of drug-likeness (QED) is 0.757. The SMILES string of the molecule is COC(=O)[C@@H](Cc1ccccc1)NC(=O)[C@@H](N)C(C)C. The van der Waals surface area contributed by atoms with Crippen molar-refractivity contribution in [1.29, 1.82) is 0 Å². The van der Waals surface area contributed by atoms with Gasteiger partial charge in [-0.05, 0) is 11.5 Å². The Labute approximate surface area is 119 Å². The first-order chi connectivity index (χ1) is 9.45. The third-order valence-corrected chi connectivity index (χ3v) is 3.11. The first-order valence-corrected chi connectivity index (χ1v) is 6.63. The van der Waals surface area contributed by atoms with Crippen molar-refractivity contribution in [3.8, 4) is 0 Å². The monoisotopic (exact) mass is 278 g/mol. The van der Waals surface area contributed by atoms with Crippen LogP contribution in [-0.4, -0.2) is 31.1 Å². The minimum atomic E-state index is -0.723. The van der Waals surface area contributed by atoms with Crippen LogP contribution in [0.1, 0.15) is 19.4 Å². The molecule has 0 saturated carbocycles. The number of carbonyl (C=O) groups excluding carboxylic acids is 2. The van der Waals surface area contributed by atoms with Crippen LogP contribution in [0.15, 0.2) is 30.3 Å². The molecule has 1 aromatic rings. The van der Waals surface area contributed by atoms with Crippen LogP contribution < -0.4 is 11.1 Å². The Morgan fingerprint density at radius 2 is 1.85 bits per heavy atom. The number of rotatable bonds is 6. The van der Waals surface area contributed by atoms with E-state index in [1.165, 1.54) is 7.11 Å². The topological polar surface area (TPSA) is 81.4 Å². The molecule has 0 fully saturated rings. The predicted molar refractivity (Wildman–Crippen MR) is 76.9 cm³/mol. The molecule has 1 amide bonds. The molecule has 2 atom stereocenters. The van der Waals surface area contributed by atoms with E-state index in [9.17, 15) is 9.59 Å². The second-order valence-corrected chi connectivity index (χ2v) is 5.04. The fourth-order valence-corrected chi connectivity index (χ4v) is 1.76. The predicted octanol–water partition coefficient (Wildman–Crippen LogP) is 0.870. The van der Waals surface area contributed by atoms with Gasteiger partial charge >= 0.3 is 5.97 Å². The van der Waals surface area contributed by atoms with E-state index in [1.54, 1.807) is 0 Å². The van der Waals surface area contributed by atoms with Crippen LogP contribution in [0.5, 0.6) is 0 Å². The molecule has 0 aliphatic heterocycles. The molecule has 0 spiro atoms. The molecule has 20 heavy (non-hydrogen) atoms. The number of hydrogen-bond donors (Lipinski definition) is 2. The standard InChI is InChI=1S/C15H22N2O3/c1-10(2)13(16)14(18)17-12(15(19)20-3)9-11-7-5-4-6-8-11/h4-8,10,12-13H,9,16H2,1-3H3,(H,17,18)/t12-,13+/m1/s1. The molecule has 0 heterocycles. The second kappa shape index (κ2) is 7.65. The van der Waals surface area contributed by atoms with E-state index < -0.39 is 18.1 Å². The highest BCUT2D eigenvalue weighted by atomic mass is 16.5. The molecule has 3 N–H and O–H groups in total. The highest BCUT2D eigenvalue weighted by Gasteiger charge is 2.25. The van der Waals surface area contributed by atoms with E-state index in [1.807, 2.05) is 44.2 Å². The van der Waals surface area contributed by atoms with Crippen LogP contribution >= 0.6 is 0 Å². The van der Waals surface area contributed by atoms with Gasteiger partial charge in [-0.2, -0.15) is 0 Å². The number of nitrogens with one attached hydrogen (secondary N) is 1. The lowest BCUT2D eigenvalue weighted by atomic mass is 10.0. The molecule has 0 bridgehead atoms. The number of nitrogens with two attached hydrogens (primary N) is 1. The van der Waals surface area contributed by atoms with Crippen molar-refractivity contribution in [2.24, 2.45) is 11.7 Å². The van der Waals surface area contributed by atoms with Gasteiger partial charge in [-0.3, -0.25) is 4.79 Å². The lowest BCUT2D eigenvalue weighted by Gasteiger charge is -2.21. The van der Waals surface area contributed by atoms with E-state index in [0.29, 0.717) is 6.42 Å². The molecule has 5 nitrogen and oxygen atoms in total. The van der Waals surface area contributed by atoms with Gasteiger partial charge in [-0.1, -0.05) is 44.2 Å². The van der Waals surface area contributed by atoms with Gasteiger partial charge in [0.05, 0.1) is 13.2 Å². The number of ether oxygens (including phenoxy) is 1. The summed E-state index contributed by atoms with van der Waals surface area (Å²) in [6.07, 6.45) is 0.379. The molecule has 0 unspecified atom stereocenters. The van der Waals surface area contributed by atoms with E-state index in [0.717, 1.165) is 5.56 Å². The van der Waals surface area contributed by atoms with E-state index in [2.05, 4.69) is 5.32 Å². The molecule has 5 heteroatoms. The smallest absolute Gasteiger partial charge is 0.328 e. The van der Waals surface area contributed by atoms with Crippen molar-refractivity contribution in [3.63, 3.8) is 0 Å². The average molecular weight is 278 g/mol. The number of amides is 1. The molecule has 1 rings (SSSR count). The third kappa shape index (κ3) is 4.66. The lowest BCUT2D eigenvalue weighted by Crippen LogP contribution is -2.51. The van der Waals surface area contributed by atoms with Gasteiger partial charge < -0.3 is 15.8 Å². The molecule has 1 aromatic carbocycles. The lowest BCUT2D eigenvalue weighted by molar-refractivity contribution is -0.145. The summed E-state index contributed by atoms with van der Waals surface area (Å²) >= 11 is 0. The number of hydrogen-bond acceptors (Lipinski definition) is 4. The Morgan fingerprint density at radius 3 is 2.35 bits per heavy atom.